The highest BCUT2D eigenvalue weighted by Gasteiger charge is 2.26. The Morgan fingerprint density at radius 2 is 1.97 bits per heavy atom. The van der Waals surface area contributed by atoms with Crippen LogP contribution in [0.15, 0.2) is 18.2 Å². The highest BCUT2D eigenvalue weighted by Crippen LogP contribution is 2.32. The van der Waals surface area contributed by atoms with E-state index in [9.17, 15) is 19.7 Å². The normalized spacial score (nSPS) is 20.2. The number of anilines is 1. The molecule has 8 heteroatoms. The zero-order valence-corrected chi connectivity index (χ0v) is 16.9. The van der Waals surface area contributed by atoms with E-state index in [4.69, 9.17) is 4.74 Å². The Morgan fingerprint density at radius 3 is 2.66 bits per heavy atom. The molecule has 1 aliphatic heterocycles. The molecule has 0 unspecified atom stereocenters. The molecule has 2 aliphatic rings. The van der Waals surface area contributed by atoms with Gasteiger partial charge < -0.3 is 15.0 Å². The molecule has 0 aromatic heterocycles. The van der Waals surface area contributed by atoms with Crippen molar-refractivity contribution in [3.05, 3.63) is 33.9 Å². The lowest BCUT2D eigenvalue weighted by Crippen LogP contribution is -2.38. The Morgan fingerprint density at radius 1 is 1.21 bits per heavy atom. The number of hydrogen-bond acceptors (Lipinski definition) is 6. The van der Waals surface area contributed by atoms with Crippen LogP contribution < -0.4 is 10.2 Å². The van der Waals surface area contributed by atoms with Gasteiger partial charge in [-0.15, -0.1) is 0 Å². The molecule has 0 spiro atoms. The molecule has 1 aromatic rings. The first kappa shape index (κ1) is 21.1. The molecule has 29 heavy (non-hydrogen) atoms. The number of esters is 1. The summed E-state index contributed by atoms with van der Waals surface area (Å²) in [5.74, 6) is -0.597. The van der Waals surface area contributed by atoms with E-state index in [1.54, 1.807) is 6.07 Å². The smallest absolute Gasteiger partial charge is 0.338 e. The van der Waals surface area contributed by atoms with Crippen LogP contribution in [0.1, 0.15) is 62.2 Å². The van der Waals surface area contributed by atoms with Gasteiger partial charge in [0.15, 0.2) is 6.61 Å². The molecule has 158 valence electrons. The molecule has 1 heterocycles. The van der Waals surface area contributed by atoms with Crippen LogP contribution in [0.2, 0.25) is 0 Å². The number of nitro benzene ring substituents is 1. The third-order valence-electron chi connectivity index (χ3n) is 5.71. The zero-order chi connectivity index (χ0) is 20.8. The average Bonchev–Trinajstić information content (AvgIpc) is 2.72. The van der Waals surface area contributed by atoms with E-state index in [0.29, 0.717) is 11.6 Å². The summed E-state index contributed by atoms with van der Waals surface area (Å²) >= 11 is 0. The van der Waals surface area contributed by atoms with Crippen LogP contribution in [-0.4, -0.2) is 42.5 Å². The SMILES string of the molecule is C[C@@H]1CCCN(c2ccc(C(=O)OCC(=O)NC3CCCCC3)cc2[N+](=O)[O-])C1. The topological polar surface area (TPSA) is 102 Å². The van der Waals surface area contributed by atoms with Crippen molar-refractivity contribution in [2.75, 3.05) is 24.6 Å². The summed E-state index contributed by atoms with van der Waals surface area (Å²) in [6, 6.07) is 4.52. The Hall–Kier alpha value is -2.64. The standard InChI is InChI=1S/C21H29N3O5/c1-15-6-5-11-23(13-15)18-10-9-16(12-19(18)24(27)28)21(26)29-14-20(25)22-17-7-3-2-4-8-17/h9-10,12,15,17H,2-8,11,13-14H2,1H3,(H,22,25)/t15-/m1/s1. The van der Waals surface area contributed by atoms with Crippen LogP contribution in [0.25, 0.3) is 0 Å². The number of benzene rings is 1. The second-order valence-electron chi connectivity index (χ2n) is 8.13. The number of nitrogens with zero attached hydrogens (tertiary/aromatic N) is 2. The quantitative estimate of drug-likeness (QED) is 0.443. The highest BCUT2D eigenvalue weighted by atomic mass is 16.6. The van der Waals surface area contributed by atoms with Crippen molar-refractivity contribution in [2.45, 2.75) is 57.9 Å². The fourth-order valence-corrected chi connectivity index (χ4v) is 4.20. The summed E-state index contributed by atoms with van der Waals surface area (Å²) < 4.78 is 5.08. The molecular weight excluding hydrogens is 374 g/mol. The van der Waals surface area contributed by atoms with Crippen molar-refractivity contribution in [1.29, 1.82) is 0 Å². The zero-order valence-electron chi connectivity index (χ0n) is 16.9. The third kappa shape index (κ3) is 5.68. The number of nitro groups is 1. The van der Waals surface area contributed by atoms with E-state index in [0.717, 1.165) is 51.6 Å². The Labute approximate surface area is 170 Å². The summed E-state index contributed by atoms with van der Waals surface area (Å²) in [5.41, 5.74) is 0.490. The van der Waals surface area contributed by atoms with Gasteiger partial charge in [-0.3, -0.25) is 14.9 Å². The maximum atomic E-state index is 12.3. The lowest BCUT2D eigenvalue weighted by molar-refractivity contribution is -0.384. The first-order valence-corrected chi connectivity index (χ1v) is 10.4. The van der Waals surface area contributed by atoms with E-state index >= 15 is 0 Å². The minimum absolute atomic E-state index is 0.0796. The van der Waals surface area contributed by atoms with Gasteiger partial charge in [0.1, 0.15) is 5.69 Å². The predicted molar refractivity (Wildman–Crippen MR) is 109 cm³/mol. The monoisotopic (exact) mass is 403 g/mol. The number of rotatable bonds is 6. The molecule has 8 nitrogen and oxygen atoms in total. The van der Waals surface area contributed by atoms with Crippen LogP contribution in [0, 0.1) is 16.0 Å². The second kappa shape index (κ2) is 9.71. The summed E-state index contributed by atoms with van der Waals surface area (Å²) in [5, 5.41) is 14.5. The summed E-state index contributed by atoms with van der Waals surface area (Å²) in [6.07, 6.45) is 7.36. The van der Waals surface area contributed by atoms with Crippen molar-refractivity contribution < 1.29 is 19.2 Å². The second-order valence-corrected chi connectivity index (χ2v) is 8.13. The van der Waals surface area contributed by atoms with E-state index in [1.807, 2.05) is 4.90 Å². The number of carbonyl (C=O) groups is 2. The van der Waals surface area contributed by atoms with Gasteiger partial charge in [0.2, 0.25) is 0 Å². The van der Waals surface area contributed by atoms with E-state index in [-0.39, 0.29) is 29.8 Å². The van der Waals surface area contributed by atoms with E-state index in [2.05, 4.69) is 12.2 Å². The third-order valence-corrected chi connectivity index (χ3v) is 5.71. The van der Waals surface area contributed by atoms with E-state index in [1.165, 1.54) is 18.6 Å². The highest BCUT2D eigenvalue weighted by molar-refractivity contribution is 5.93. The van der Waals surface area contributed by atoms with E-state index < -0.39 is 10.9 Å². The Balaban J connectivity index is 1.62. The van der Waals surface area contributed by atoms with Gasteiger partial charge in [-0.2, -0.15) is 0 Å². The average molecular weight is 403 g/mol. The van der Waals surface area contributed by atoms with Gasteiger partial charge in [0.25, 0.3) is 11.6 Å². The fraction of sp³-hybridized carbons (Fsp3) is 0.619. The largest absolute Gasteiger partial charge is 0.452 e. The Kier molecular flexibility index (Phi) is 7.06. The molecule has 1 aromatic carbocycles. The molecule has 3 rings (SSSR count). The van der Waals surface area contributed by atoms with Crippen LogP contribution in [-0.2, 0) is 9.53 Å². The van der Waals surface area contributed by atoms with Gasteiger partial charge in [0, 0.05) is 25.2 Å². The number of nitrogens with one attached hydrogen (secondary N) is 1. The van der Waals surface area contributed by atoms with Crippen molar-refractivity contribution in [3.63, 3.8) is 0 Å². The minimum Gasteiger partial charge on any atom is -0.452 e. The molecule has 1 amide bonds. The van der Waals surface area contributed by atoms with Crippen LogP contribution in [0.4, 0.5) is 11.4 Å². The summed E-state index contributed by atoms with van der Waals surface area (Å²) in [6.45, 7) is 3.26. The Bertz CT molecular complexity index is 761. The number of amides is 1. The van der Waals surface area contributed by atoms with Gasteiger partial charge >= 0.3 is 5.97 Å². The first-order valence-electron chi connectivity index (χ1n) is 10.4. The lowest BCUT2D eigenvalue weighted by atomic mass is 9.95. The maximum absolute atomic E-state index is 12.3. The number of carbonyl (C=O) groups excluding carboxylic acids is 2. The molecule has 0 radical (unpaired) electrons. The van der Waals surface area contributed by atoms with Crippen molar-refractivity contribution in [1.82, 2.24) is 5.32 Å². The van der Waals surface area contributed by atoms with Crippen LogP contribution in [0.3, 0.4) is 0 Å². The van der Waals surface area contributed by atoms with Crippen LogP contribution in [0.5, 0.6) is 0 Å². The molecule has 1 N–H and O–H groups in total. The first-order chi connectivity index (χ1) is 13.9. The number of piperidine rings is 1. The van der Waals surface area contributed by atoms with Gasteiger partial charge in [-0.1, -0.05) is 26.2 Å². The number of hydrogen-bond donors (Lipinski definition) is 1. The molecule has 1 atom stereocenters. The predicted octanol–water partition coefficient (Wildman–Crippen LogP) is 3.44. The van der Waals surface area contributed by atoms with Crippen molar-refractivity contribution >= 4 is 23.3 Å². The van der Waals surface area contributed by atoms with Crippen molar-refractivity contribution in [3.8, 4) is 0 Å². The molecule has 1 saturated heterocycles. The summed E-state index contributed by atoms with van der Waals surface area (Å²) in [7, 11) is 0. The minimum atomic E-state index is -0.731. The molecule has 0 bridgehead atoms. The molecule has 1 saturated carbocycles. The van der Waals surface area contributed by atoms with Gasteiger partial charge in [-0.25, -0.2) is 4.79 Å². The summed E-state index contributed by atoms with van der Waals surface area (Å²) in [4.78, 5) is 37.4. The number of ether oxygens (including phenoxy) is 1. The molecule has 1 aliphatic carbocycles. The van der Waals surface area contributed by atoms with Gasteiger partial charge in [-0.05, 0) is 43.7 Å². The van der Waals surface area contributed by atoms with Gasteiger partial charge in [0.05, 0.1) is 10.5 Å². The molecular formula is C21H29N3O5. The molecule has 2 fully saturated rings. The van der Waals surface area contributed by atoms with Crippen molar-refractivity contribution in [2.24, 2.45) is 5.92 Å². The fourth-order valence-electron chi connectivity index (χ4n) is 4.20. The van der Waals surface area contributed by atoms with Crippen LogP contribution >= 0.6 is 0 Å². The maximum Gasteiger partial charge on any atom is 0.338 e. The lowest BCUT2D eigenvalue weighted by Gasteiger charge is -2.32.